The van der Waals surface area contributed by atoms with E-state index in [1.165, 1.54) is 5.56 Å². The van der Waals surface area contributed by atoms with Gasteiger partial charge in [-0.1, -0.05) is 36.4 Å². The number of benzene rings is 1. The molecular weight excluding hydrogens is 236 g/mol. The van der Waals surface area contributed by atoms with Gasteiger partial charge in [0.05, 0.1) is 6.04 Å². The first-order valence-electron chi connectivity index (χ1n) is 6.63. The molecule has 0 aliphatic carbocycles. The van der Waals surface area contributed by atoms with E-state index in [2.05, 4.69) is 17.1 Å². The maximum absolute atomic E-state index is 12.5. The molecule has 1 aromatic carbocycles. The van der Waals surface area contributed by atoms with Gasteiger partial charge in [0, 0.05) is 12.7 Å². The topological polar surface area (TPSA) is 33.2 Å². The normalized spacial score (nSPS) is 18.5. The van der Waals surface area contributed by atoms with Gasteiger partial charge in [-0.05, 0) is 30.5 Å². The number of nitrogens with zero attached hydrogens (tertiary/aromatic N) is 2. The zero-order valence-corrected chi connectivity index (χ0v) is 10.7. The van der Waals surface area contributed by atoms with Gasteiger partial charge in [0.15, 0.2) is 0 Å². The van der Waals surface area contributed by atoms with Crippen LogP contribution in [0.25, 0.3) is 0 Å². The average molecular weight is 252 g/mol. The molecular formula is C16H16N2O. The number of hydrogen-bond donors (Lipinski definition) is 0. The Kier molecular flexibility index (Phi) is 3.27. The van der Waals surface area contributed by atoms with Crippen molar-refractivity contribution in [2.45, 2.75) is 18.9 Å². The van der Waals surface area contributed by atoms with E-state index in [-0.39, 0.29) is 11.9 Å². The third kappa shape index (κ3) is 2.36. The SMILES string of the molecule is O=C(c1ccccn1)N1CCC[C@H]1c1ccccc1. The number of carbonyl (C=O) groups excluding carboxylic acids is 1. The summed E-state index contributed by atoms with van der Waals surface area (Å²) in [6, 6.07) is 15.9. The molecule has 2 heterocycles. The molecule has 1 atom stereocenters. The molecule has 96 valence electrons. The van der Waals surface area contributed by atoms with E-state index < -0.39 is 0 Å². The molecule has 0 spiro atoms. The van der Waals surface area contributed by atoms with E-state index >= 15 is 0 Å². The van der Waals surface area contributed by atoms with Gasteiger partial charge >= 0.3 is 0 Å². The third-order valence-corrected chi connectivity index (χ3v) is 3.58. The van der Waals surface area contributed by atoms with Crippen LogP contribution in [0.3, 0.4) is 0 Å². The van der Waals surface area contributed by atoms with Crippen LogP contribution in [0.1, 0.15) is 34.9 Å². The van der Waals surface area contributed by atoms with Crippen molar-refractivity contribution in [1.82, 2.24) is 9.88 Å². The number of aromatic nitrogens is 1. The maximum Gasteiger partial charge on any atom is 0.272 e. The molecule has 0 radical (unpaired) electrons. The number of hydrogen-bond acceptors (Lipinski definition) is 2. The minimum Gasteiger partial charge on any atom is -0.330 e. The Bertz CT molecular complexity index is 553. The number of pyridine rings is 1. The molecule has 1 aliphatic heterocycles. The quantitative estimate of drug-likeness (QED) is 0.823. The van der Waals surface area contributed by atoms with Crippen LogP contribution in [-0.2, 0) is 0 Å². The zero-order valence-electron chi connectivity index (χ0n) is 10.7. The highest BCUT2D eigenvalue weighted by Crippen LogP contribution is 2.32. The first-order valence-corrected chi connectivity index (χ1v) is 6.63. The predicted molar refractivity (Wildman–Crippen MR) is 73.7 cm³/mol. The summed E-state index contributed by atoms with van der Waals surface area (Å²) in [6.07, 6.45) is 3.75. The Balaban J connectivity index is 1.86. The van der Waals surface area contributed by atoms with E-state index in [0.29, 0.717) is 5.69 Å². The van der Waals surface area contributed by atoms with Gasteiger partial charge < -0.3 is 4.90 Å². The molecule has 1 saturated heterocycles. The van der Waals surface area contributed by atoms with Crippen molar-refractivity contribution in [3.05, 3.63) is 66.0 Å². The second-order valence-electron chi connectivity index (χ2n) is 4.78. The minimum atomic E-state index is 0.0342. The van der Waals surface area contributed by atoms with E-state index in [1.54, 1.807) is 12.3 Å². The Morgan fingerprint density at radius 3 is 2.63 bits per heavy atom. The molecule has 0 N–H and O–H groups in total. The molecule has 3 heteroatoms. The highest BCUT2D eigenvalue weighted by Gasteiger charge is 2.30. The predicted octanol–water partition coefficient (Wildman–Crippen LogP) is 3.06. The smallest absolute Gasteiger partial charge is 0.272 e. The summed E-state index contributed by atoms with van der Waals surface area (Å²) in [6.45, 7) is 0.814. The first-order chi connectivity index (χ1) is 9.36. The number of rotatable bonds is 2. The summed E-state index contributed by atoms with van der Waals surface area (Å²) in [5.41, 5.74) is 1.75. The fourth-order valence-corrected chi connectivity index (χ4v) is 2.67. The summed E-state index contributed by atoms with van der Waals surface area (Å²) in [5, 5.41) is 0. The summed E-state index contributed by atoms with van der Waals surface area (Å²) in [7, 11) is 0. The van der Waals surface area contributed by atoms with Crippen LogP contribution in [0.4, 0.5) is 0 Å². The molecule has 1 aromatic heterocycles. The summed E-state index contributed by atoms with van der Waals surface area (Å²) in [4.78, 5) is 18.6. The summed E-state index contributed by atoms with van der Waals surface area (Å²) >= 11 is 0. The second-order valence-corrected chi connectivity index (χ2v) is 4.78. The van der Waals surface area contributed by atoms with Crippen molar-refractivity contribution >= 4 is 5.91 Å². The summed E-state index contributed by atoms with van der Waals surface area (Å²) < 4.78 is 0. The molecule has 1 aliphatic rings. The van der Waals surface area contributed by atoms with E-state index in [4.69, 9.17) is 0 Å². The lowest BCUT2D eigenvalue weighted by Gasteiger charge is -2.24. The fourth-order valence-electron chi connectivity index (χ4n) is 2.67. The molecule has 19 heavy (non-hydrogen) atoms. The van der Waals surface area contributed by atoms with Crippen molar-refractivity contribution in [1.29, 1.82) is 0 Å². The highest BCUT2D eigenvalue weighted by molar-refractivity contribution is 5.92. The van der Waals surface area contributed by atoms with E-state index in [0.717, 1.165) is 19.4 Å². The number of carbonyl (C=O) groups is 1. The van der Waals surface area contributed by atoms with Crippen LogP contribution < -0.4 is 0 Å². The lowest BCUT2D eigenvalue weighted by molar-refractivity contribution is 0.0729. The van der Waals surface area contributed by atoms with Crippen LogP contribution in [0, 0.1) is 0 Å². The lowest BCUT2D eigenvalue weighted by Crippen LogP contribution is -2.31. The van der Waals surface area contributed by atoms with Crippen LogP contribution in [0.15, 0.2) is 54.7 Å². The van der Waals surface area contributed by atoms with Crippen LogP contribution >= 0.6 is 0 Å². The van der Waals surface area contributed by atoms with Crippen LogP contribution in [-0.4, -0.2) is 22.3 Å². The fraction of sp³-hybridized carbons (Fsp3) is 0.250. The summed E-state index contributed by atoms with van der Waals surface area (Å²) in [5.74, 6) is 0.0342. The van der Waals surface area contributed by atoms with Crippen LogP contribution in [0.5, 0.6) is 0 Å². The average Bonchev–Trinajstić information content (AvgIpc) is 2.98. The van der Waals surface area contributed by atoms with Crippen LogP contribution in [0.2, 0.25) is 0 Å². The Morgan fingerprint density at radius 1 is 1.11 bits per heavy atom. The monoisotopic (exact) mass is 252 g/mol. The highest BCUT2D eigenvalue weighted by atomic mass is 16.2. The Labute approximate surface area is 112 Å². The number of likely N-dealkylation sites (tertiary alicyclic amines) is 1. The largest absolute Gasteiger partial charge is 0.330 e. The standard InChI is InChI=1S/C16H16N2O/c19-16(14-9-4-5-11-17-14)18-12-6-10-15(18)13-7-2-1-3-8-13/h1-5,7-9,11,15H,6,10,12H2/t15-/m0/s1. The molecule has 3 nitrogen and oxygen atoms in total. The second kappa shape index (κ2) is 5.22. The van der Waals surface area contributed by atoms with Crippen molar-refractivity contribution < 1.29 is 4.79 Å². The van der Waals surface area contributed by atoms with Gasteiger partial charge in [0.25, 0.3) is 5.91 Å². The molecule has 0 unspecified atom stereocenters. The van der Waals surface area contributed by atoms with Crippen molar-refractivity contribution in [2.75, 3.05) is 6.54 Å². The molecule has 0 bridgehead atoms. The van der Waals surface area contributed by atoms with E-state index in [1.807, 2.05) is 35.2 Å². The van der Waals surface area contributed by atoms with Crippen molar-refractivity contribution in [3.63, 3.8) is 0 Å². The van der Waals surface area contributed by atoms with Gasteiger partial charge in [-0.3, -0.25) is 9.78 Å². The molecule has 3 rings (SSSR count). The molecule has 1 amide bonds. The van der Waals surface area contributed by atoms with Gasteiger partial charge in [0.2, 0.25) is 0 Å². The molecule has 0 saturated carbocycles. The van der Waals surface area contributed by atoms with E-state index in [9.17, 15) is 4.79 Å². The van der Waals surface area contributed by atoms with Gasteiger partial charge in [-0.2, -0.15) is 0 Å². The lowest BCUT2D eigenvalue weighted by atomic mass is 10.0. The van der Waals surface area contributed by atoms with Gasteiger partial charge in [-0.25, -0.2) is 0 Å². The molecule has 2 aromatic rings. The Morgan fingerprint density at radius 2 is 1.89 bits per heavy atom. The Hall–Kier alpha value is -2.16. The van der Waals surface area contributed by atoms with Crippen molar-refractivity contribution in [2.24, 2.45) is 0 Å². The molecule has 1 fully saturated rings. The number of amides is 1. The van der Waals surface area contributed by atoms with Crippen molar-refractivity contribution in [3.8, 4) is 0 Å². The van der Waals surface area contributed by atoms with Gasteiger partial charge in [0.1, 0.15) is 5.69 Å². The first kappa shape index (κ1) is 11.9. The maximum atomic E-state index is 12.5. The van der Waals surface area contributed by atoms with Gasteiger partial charge in [-0.15, -0.1) is 0 Å². The third-order valence-electron chi connectivity index (χ3n) is 3.58. The minimum absolute atomic E-state index is 0.0342. The zero-order chi connectivity index (χ0) is 13.1.